The van der Waals surface area contributed by atoms with E-state index in [0.29, 0.717) is 11.3 Å². The molecule has 2 rings (SSSR count). The Morgan fingerprint density at radius 3 is 2.63 bits per heavy atom. The Bertz CT molecular complexity index is 677. The number of sulfone groups is 1. The van der Waals surface area contributed by atoms with Gasteiger partial charge < -0.3 is 5.73 Å². The quantitative estimate of drug-likeness (QED) is 0.907. The van der Waals surface area contributed by atoms with Gasteiger partial charge in [0.15, 0.2) is 0 Å². The van der Waals surface area contributed by atoms with Crippen molar-refractivity contribution in [3.8, 4) is 0 Å². The maximum absolute atomic E-state index is 12.3. The number of carbonyl (C=O) groups excluding carboxylic acids is 1. The summed E-state index contributed by atoms with van der Waals surface area (Å²) in [5.41, 5.74) is 6.35. The zero-order chi connectivity index (χ0) is 14.4. The maximum atomic E-state index is 12.3. The molecule has 1 aromatic carbocycles. The van der Waals surface area contributed by atoms with Crippen LogP contribution in [0, 0.1) is 0 Å². The Morgan fingerprint density at radius 2 is 2.11 bits per heavy atom. The van der Waals surface area contributed by atoms with E-state index in [1.54, 1.807) is 13.0 Å². The summed E-state index contributed by atoms with van der Waals surface area (Å²) in [7, 11) is -3.57. The third-order valence-electron chi connectivity index (χ3n) is 3.21. The van der Waals surface area contributed by atoms with Crippen LogP contribution in [-0.2, 0) is 16.3 Å². The molecule has 0 saturated heterocycles. The van der Waals surface area contributed by atoms with E-state index in [2.05, 4.69) is 6.58 Å². The third kappa shape index (κ3) is 2.19. The molecule has 1 atom stereocenters. The number of rotatable bonds is 2. The number of thioether (sulfide) groups is 1. The molecule has 1 aliphatic heterocycles. The molecule has 6 heteroatoms. The molecule has 1 aromatic rings. The minimum absolute atomic E-state index is 0.145. The number of hydrogen-bond donors (Lipinski definition) is 1. The van der Waals surface area contributed by atoms with Crippen molar-refractivity contribution in [2.75, 3.05) is 0 Å². The van der Waals surface area contributed by atoms with Gasteiger partial charge in [0, 0.05) is 15.7 Å². The topological polar surface area (TPSA) is 77.2 Å². The van der Waals surface area contributed by atoms with Crippen LogP contribution in [-0.4, -0.2) is 19.6 Å². The lowest BCUT2D eigenvalue weighted by Gasteiger charge is -2.24. The van der Waals surface area contributed by atoms with Gasteiger partial charge >= 0.3 is 0 Å². The SMILES string of the molecule is C=C1C(C)Sc2cc(CC)c(C(N)=O)cc2S1(=O)=O. The highest BCUT2D eigenvalue weighted by Gasteiger charge is 2.33. The summed E-state index contributed by atoms with van der Waals surface area (Å²) in [5, 5.41) is -0.193. The van der Waals surface area contributed by atoms with Crippen LogP contribution >= 0.6 is 11.8 Å². The van der Waals surface area contributed by atoms with Crippen molar-refractivity contribution >= 4 is 27.5 Å². The van der Waals surface area contributed by atoms with Crippen molar-refractivity contribution in [1.29, 1.82) is 0 Å². The second kappa shape index (κ2) is 4.68. The molecule has 1 aliphatic rings. The maximum Gasteiger partial charge on any atom is 0.249 e. The van der Waals surface area contributed by atoms with E-state index in [1.165, 1.54) is 17.8 Å². The van der Waals surface area contributed by atoms with Gasteiger partial charge in [0.1, 0.15) is 0 Å². The summed E-state index contributed by atoms with van der Waals surface area (Å²) < 4.78 is 24.6. The molecule has 1 amide bonds. The molecule has 2 N–H and O–H groups in total. The summed E-state index contributed by atoms with van der Waals surface area (Å²) in [4.78, 5) is 12.4. The fraction of sp³-hybridized carbons (Fsp3) is 0.308. The molecule has 4 nitrogen and oxygen atoms in total. The summed E-state index contributed by atoms with van der Waals surface area (Å²) in [6.07, 6.45) is 0.626. The largest absolute Gasteiger partial charge is 0.366 e. The summed E-state index contributed by atoms with van der Waals surface area (Å²) in [6.45, 7) is 7.35. The molecule has 1 unspecified atom stereocenters. The second-order valence-electron chi connectivity index (χ2n) is 4.40. The first-order valence-electron chi connectivity index (χ1n) is 5.86. The summed E-state index contributed by atoms with van der Waals surface area (Å²) >= 11 is 1.44. The Balaban J connectivity index is 2.77. The average Bonchev–Trinajstić information content (AvgIpc) is 2.35. The molecule has 0 fully saturated rings. The number of carbonyl (C=O) groups is 1. The monoisotopic (exact) mass is 297 g/mol. The van der Waals surface area contributed by atoms with Crippen LogP contribution in [0.15, 0.2) is 33.4 Å². The van der Waals surface area contributed by atoms with Gasteiger partial charge in [0.05, 0.1) is 9.80 Å². The summed E-state index contributed by atoms with van der Waals surface area (Å²) in [6, 6.07) is 3.14. The van der Waals surface area contributed by atoms with E-state index in [1.807, 2.05) is 6.92 Å². The van der Waals surface area contributed by atoms with Crippen molar-refractivity contribution in [2.24, 2.45) is 5.73 Å². The van der Waals surface area contributed by atoms with Gasteiger partial charge in [0.25, 0.3) is 0 Å². The Kier molecular flexibility index (Phi) is 3.49. The molecule has 19 heavy (non-hydrogen) atoms. The van der Waals surface area contributed by atoms with Crippen molar-refractivity contribution in [2.45, 2.75) is 35.3 Å². The number of benzene rings is 1. The van der Waals surface area contributed by atoms with Crippen LogP contribution < -0.4 is 5.73 Å². The highest BCUT2D eigenvalue weighted by Crippen LogP contribution is 2.43. The molecule has 0 saturated carbocycles. The molecule has 0 bridgehead atoms. The molecule has 0 spiro atoms. The molecule has 0 radical (unpaired) electrons. The highest BCUT2D eigenvalue weighted by molar-refractivity contribution is 8.05. The smallest absolute Gasteiger partial charge is 0.249 e. The predicted molar refractivity (Wildman–Crippen MR) is 76.0 cm³/mol. The second-order valence-corrected chi connectivity index (χ2v) is 7.76. The normalized spacial score (nSPS) is 20.9. The first-order chi connectivity index (χ1) is 8.78. The minimum atomic E-state index is -3.57. The van der Waals surface area contributed by atoms with Gasteiger partial charge in [-0.3, -0.25) is 4.79 Å². The van der Waals surface area contributed by atoms with Gasteiger partial charge in [-0.05, 0) is 31.0 Å². The number of amides is 1. The fourth-order valence-electron chi connectivity index (χ4n) is 2.04. The average molecular weight is 297 g/mol. The van der Waals surface area contributed by atoms with Gasteiger partial charge in [-0.25, -0.2) is 8.42 Å². The third-order valence-corrected chi connectivity index (χ3v) is 6.68. The van der Waals surface area contributed by atoms with E-state index in [4.69, 9.17) is 5.73 Å². The fourth-order valence-corrected chi connectivity index (χ4v) is 5.25. The van der Waals surface area contributed by atoms with Crippen LogP contribution in [0.3, 0.4) is 0 Å². The van der Waals surface area contributed by atoms with Crippen LogP contribution in [0.2, 0.25) is 0 Å². The van der Waals surface area contributed by atoms with Gasteiger partial charge in [-0.15, -0.1) is 11.8 Å². The zero-order valence-corrected chi connectivity index (χ0v) is 12.4. The molecule has 102 valence electrons. The number of primary amides is 1. The van der Waals surface area contributed by atoms with E-state index < -0.39 is 15.7 Å². The van der Waals surface area contributed by atoms with E-state index in [-0.39, 0.29) is 20.6 Å². The van der Waals surface area contributed by atoms with Gasteiger partial charge in [-0.2, -0.15) is 0 Å². The minimum Gasteiger partial charge on any atom is -0.366 e. The van der Waals surface area contributed by atoms with Crippen LogP contribution in [0.4, 0.5) is 0 Å². The number of nitrogens with two attached hydrogens (primary N) is 1. The number of aryl methyl sites for hydroxylation is 1. The standard InChI is InChI=1S/C13H15NO3S2/c1-4-9-5-11-12(6-10(9)13(14)15)19(16,17)8(3)7(2)18-11/h5-7H,3-4H2,1-2H3,(H2,14,15). The molecule has 0 aliphatic carbocycles. The lowest BCUT2D eigenvalue weighted by Crippen LogP contribution is -2.21. The number of hydrogen-bond acceptors (Lipinski definition) is 4. The van der Waals surface area contributed by atoms with Crippen molar-refractivity contribution < 1.29 is 13.2 Å². The zero-order valence-electron chi connectivity index (χ0n) is 10.8. The van der Waals surface area contributed by atoms with Gasteiger partial charge in [-0.1, -0.05) is 13.5 Å². The molecular formula is C13H15NO3S2. The molecular weight excluding hydrogens is 282 g/mol. The van der Waals surface area contributed by atoms with Crippen molar-refractivity contribution in [1.82, 2.24) is 0 Å². The van der Waals surface area contributed by atoms with Crippen molar-refractivity contribution in [3.05, 3.63) is 34.7 Å². The Morgan fingerprint density at radius 1 is 1.47 bits per heavy atom. The van der Waals surface area contributed by atoms with Crippen LogP contribution in [0.5, 0.6) is 0 Å². The number of fused-ring (bicyclic) bond motifs is 1. The van der Waals surface area contributed by atoms with E-state index >= 15 is 0 Å². The lowest BCUT2D eigenvalue weighted by atomic mass is 10.1. The van der Waals surface area contributed by atoms with Crippen LogP contribution in [0.1, 0.15) is 29.8 Å². The van der Waals surface area contributed by atoms with Gasteiger partial charge in [0.2, 0.25) is 15.7 Å². The first kappa shape index (κ1) is 14.1. The van der Waals surface area contributed by atoms with Crippen molar-refractivity contribution in [3.63, 3.8) is 0 Å². The predicted octanol–water partition coefficient (Wildman–Crippen LogP) is 2.13. The Hall–Kier alpha value is -1.27. The molecule has 0 aromatic heterocycles. The molecule has 1 heterocycles. The van der Waals surface area contributed by atoms with E-state index in [0.717, 1.165) is 5.56 Å². The van der Waals surface area contributed by atoms with E-state index in [9.17, 15) is 13.2 Å². The lowest BCUT2D eigenvalue weighted by molar-refractivity contribution is 0.0999. The Labute approximate surface area is 117 Å². The highest BCUT2D eigenvalue weighted by atomic mass is 32.2. The van der Waals surface area contributed by atoms with Crippen LogP contribution in [0.25, 0.3) is 0 Å². The summed E-state index contributed by atoms with van der Waals surface area (Å²) in [5.74, 6) is -0.607. The first-order valence-corrected chi connectivity index (χ1v) is 8.22.